The zero-order chi connectivity index (χ0) is 29.0. The first-order chi connectivity index (χ1) is 21.8. The molecular formula is C42H27BO. The molecule has 8 aromatic rings. The molecule has 1 aliphatic rings. The molecule has 0 amide bonds. The Morgan fingerprint density at radius 2 is 0.864 bits per heavy atom. The van der Waals surface area contributed by atoms with E-state index in [0.29, 0.717) is 0 Å². The summed E-state index contributed by atoms with van der Waals surface area (Å²) in [6.45, 7) is 0.0118. The molecule has 0 saturated carbocycles. The van der Waals surface area contributed by atoms with Crippen molar-refractivity contribution in [2.45, 2.75) is 0 Å². The van der Waals surface area contributed by atoms with Gasteiger partial charge in [0.25, 0.3) is 0 Å². The fraction of sp³-hybridized carbons (Fsp3) is 0. The average molecular weight is 558 g/mol. The van der Waals surface area contributed by atoms with Crippen LogP contribution in [0.1, 0.15) is 0 Å². The van der Waals surface area contributed by atoms with E-state index in [9.17, 15) is 0 Å². The Kier molecular flexibility index (Phi) is 5.67. The number of rotatable bonds is 3. The predicted molar refractivity (Wildman–Crippen MR) is 187 cm³/mol. The van der Waals surface area contributed by atoms with Crippen LogP contribution in [-0.2, 0) is 0 Å². The van der Waals surface area contributed by atoms with Gasteiger partial charge in [-0.25, -0.2) is 0 Å². The summed E-state index contributed by atoms with van der Waals surface area (Å²) in [6, 6.07) is 59.5. The molecule has 1 aromatic heterocycles. The maximum Gasteiger partial charge on any atom is 0.242 e. The summed E-state index contributed by atoms with van der Waals surface area (Å²) >= 11 is 0. The maximum atomic E-state index is 6.26. The minimum atomic E-state index is 0.0118. The molecule has 0 radical (unpaired) electrons. The molecule has 0 saturated heterocycles. The summed E-state index contributed by atoms with van der Waals surface area (Å²) in [7, 11) is 0. The molecule has 0 bridgehead atoms. The second-order valence-corrected chi connectivity index (χ2v) is 11.7. The van der Waals surface area contributed by atoms with Crippen molar-refractivity contribution in [3.63, 3.8) is 0 Å². The molecule has 0 fully saturated rings. The molecule has 9 rings (SSSR count). The van der Waals surface area contributed by atoms with Crippen LogP contribution in [0.5, 0.6) is 0 Å². The first kappa shape index (κ1) is 25.0. The van der Waals surface area contributed by atoms with Gasteiger partial charge in [0, 0.05) is 10.8 Å². The molecular weight excluding hydrogens is 531 g/mol. The lowest BCUT2D eigenvalue weighted by molar-refractivity contribution is 0.669. The van der Waals surface area contributed by atoms with Crippen LogP contribution in [0.2, 0.25) is 0 Å². The number of hydrogen-bond acceptors (Lipinski definition) is 1. The largest absolute Gasteiger partial charge is 0.456 e. The van der Waals surface area contributed by atoms with E-state index in [4.69, 9.17) is 4.42 Å². The van der Waals surface area contributed by atoms with Gasteiger partial charge < -0.3 is 4.42 Å². The smallest absolute Gasteiger partial charge is 0.242 e. The predicted octanol–water partition coefficient (Wildman–Crippen LogP) is 9.08. The van der Waals surface area contributed by atoms with E-state index in [1.54, 1.807) is 0 Å². The minimum absolute atomic E-state index is 0.0118. The number of hydrogen-bond donors (Lipinski definition) is 0. The monoisotopic (exact) mass is 558 g/mol. The Labute approximate surface area is 257 Å². The topological polar surface area (TPSA) is 13.1 Å². The van der Waals surface area contributed by atoms with Crippen LogP contribution >= 0.6 is 0 Å². The van der Waals surface area contributed by atoms with Gasteiger partial charge in [-0.1, -0.05) is 168 Å². The summed E-state index contributed by atoms with van der Waals surface area (Å²) in [6.07, 6.45) is 0. The van der Waals surface area contributed by atoms with E-state index in [1.807, 2.05) is 6.07 Å². The summed E-state index contributed by atoms with van der Waals surface area (Å²) in [4.78, 5) is 0. The van der Waals surface area contributed by atoms with E-state index in [2.05, 4.69) is 158 Å². The van der Waals surface area contributed by atoms with Crippen LogP contribution in [0.3, 0.4) is 0 Å². The lowest BCUT2D eigenvalue weighted by Gasteiger charge is -2.20. The van der Waals surface area contributed by atoms with Crippen LogP contribution in [-0.4, -0.2) is 6.71 Å². The quantitative estimate of drug-likeness (QED) is 0.197. The van der Waals surface area contributed by atoms with Crippen molar-refractivity contribution in [1.29, 1.82) is 0 Å². The van der Waals surface area contributed by atoms with Crippen LogP contribution in [0.15, 0.2) is 168 Å². The Morgan fingerprint density at radius 3 is 1.48 bits per heavy atom. The van der Waals surface area contributed by atoms with Crippen molar-refractivity contribution in [3.8, 4) is 44.5 Å². The van der Waals surface area contributed by atoms with Crippen molar-refractivity contribution in [3.05, 3.63) is 164 Å². The average Bonchev–Trinajstić information content (AvgIpc) is 3.42. The van der Waals surface area contributed by atoms with Crippen molar-refractivity contribution in [1.82, 2.24) is 0 Å². The molecule has 0 N–H and O–H groups in total. The van der Waals surface area contributed by atoms with E-state index in [-0.39, 0.29) is 6.71 Å². The lowest BCUT2D eigenvalue weighted by Crippen LogP contribution is -2.52. The molecule has 1 nitrogen and oxygen atoms in total. The Balaban J connectivity index is 1.38. The normalized spacial score (nSPS) is 12.0. The zero-order valence-electron chi connectivity index (χ0n) is 24.1. The Bertz CT molecular complexity index is 2220. The highest BCUT2D eigenvalue weighted by molar-refractivity contribution is 6.97. The van der Waals surface area contributed by atoms with Crippen molar-refractivity contribution in [2.75, 3.05) is 0 Å². The first-order valence-corrected chi connectivity index (χ1v) is 15.2. The third-order valence-corrected chi connectivity index (χ3v) is 9.18. The SMILES string of the molecule is c1ccc(-c2ccc3c(c2)B(c2ccc4oc5ccccc5c4c2)c2cc(-c4ccccc4)ccc2-c2ccccc2-3)cc1. The molecule has 0 spiro atoms. The van der Waals surface area contributed by atoms with Crippen LogP contribution < -0.4 is 16.4 Å². The molecule has 2 heterocycles. The molecule has 1 aliphatic heterocycles. The van der Waals surface area contributed by atoms with Crippen LogP contribution in [0.4, 0.5) is 0 Å². The second-order valence-electron chi connectivity index (χ2n) is 11.7. The van der Waals surface area contributed by atoms with Gasteiger partial charge in [0.05, 0.1) is 0 Å². The van der Waals surface area contributed by atoms with Gasteiger partial charge in [-0.05, 0) is 56.6 Å². The molecule has 44 heavy (non-hydrogen) atoms. The third-order valence-electron chi connectivity index (χ3n) is 9.18. The highest BCUT2D eigenvalue weighted by Gasteiger charge is 2.32. The second kappa shape index (κ2) is 10.0. The fourth-order valence-corrected chi connectivity index (χ4v) is 7.12. The number of para-hydroxylation sites is 1. The third kappa shape index (κ3) is 3.96. The van der Waals surface area contributed by atoms with Gasteiger partial charge in [0.1, 0.15) is 11.2 Å². The summed E-state index contributed by atoms with van der Waals surface area (Å²) in [5.41, 5.74) is 15.7. The maximum absolute atomic E-state index is 6.26. The lowest BCUT2D eigenvalue weighted by atomic mass is 9.35. The van der Waals surface area contributed by atoms with Crippen molar-refractivity contribution in [2.24, 2.45) is 0 Å². The van der Waals surface area contributed by atoms with Crippen molar-refractivity contribution < 1.29 is 4.42 Å². The van der Waals surface area contributed by atoms with Gasteiger partial charge in [-0.3, -0.25) is 0 Å². The van der Waals surface area contributed by atoms with Crippen LogP contribution in [0.25, 0.3) is 66.4 Å². The highest BCUT2D eigenvalue weighted by atomic mass is 16.3. The van der Waals surface area contributed by atoms with E-state index >= 15 is 0 Å². The molecule has 204 valence electrons. The van der Waals surface area contributed by atoms with E-state index in [1.165, 1.54) is 60.9 Å². The summed E-state index contributed by atoms with van der Waals surface area (Å²) in [5, 5.41) is 2.30. The van der Waals surface area contributed by atoms with Crippen molar-refractivity contribution >= 4 is 45.0 Å². The van der Waals surface area contributed by atoms with Crippen LogP contribution in [0, 0.1) is 0 Å². The van der Waals surface area contributed by atoms with E-state index in [0.717, 1.165) is 21.9 Å². The molecule has 2 heteroatoms. The fourth-order valence-electron chi connectivity index (χ4n) is 7.12. The Morgan fingerprint density at radius 1 is 0.341 bits per heavy atom. The highest BCUT2D eigenvalue weighted by Crippen LogP contribution is 2.36. The number of benzene rings is 7. The van der Waals surface area contributed by atoms with Gasteiger partial charge in [-0.15, -0.1) is 0 Å². The zero-order valence-corrected chi connectivity index (χ0v) is 24.1. The van der Waals surface area contributed by atoms with Gasteiger partial charge in [0.2, 0.25) is 6.71 Å². The number of fused-ring (bicyclic) bond motifs is 8. The number of furan rings is 1. The van der Waals surface area contributed by atoms with E-state index < -0.39 is 0 Å². The van der Waals surface area contributed by atoms with Gasteiger partial charge in [-0.2, -0.15) is 0 Å². The Hall–Kier alpha value is -5.60. The molecule has 0 atom stereocenters. The molecule has 0 unspecified atom stereocenters. The summed E-state index contributed by atoms with van der Waals surface area (Å²) in [5.74, 6) is 0. The standard InChI is InChI=1S/C42H27BO/c1-3-11-28(12-4-1)30-19-22-35-33-15-7-8-16-34(33)36-23-20-31(29-13-5-2-6-14-29)26-40(36)43(39(35)25-30)32-21-24-42-38(27-32)37-17-9-10-18-41(37)44-42/h1-27H. The first-order valence-electron chi connectivity index (χ1n) is 15.2. The molecule has 0 aliphatic carbocycles. The van der Waals surface area contributed by atoms with Gasteiger partial charge in [0.15, 0.2) is 0 Å². The molecule has 7 aromatic carbocycles. The summed E-state index contributed by atoms with van der Waals surface area (Å²) < 4.78 is 6.26. The minimum Gasteiger partial charge on any atom is -0.456 e. The van der Waals surface area contributed by atoms with Gasteiger partial charge >= 0.3 is 0 Å².